The third-order valence-corrected chi connectivity index (χ3v) is 6.91. The molecule has 154 valence electrons. The lowest BCUT2D eigenvalue weighted by Crippen LogP contribution is -2.20. The van der Waals surface area contributed by atoms with Crippen molar-refractivity contribution in [3.05, 3.63) is 42.0 Å². The van der Waals surface area contributed by atoms with Gasteiger partial charge >= 0.3 is 0 Å². The van der Waals surface area contributed by atoms with Crippen LogP contribution in [0, 0.1) is 0 Å². The van der Waals surface area contributed by atoms with Gasteiger partial charge in [-0.05, 0) is 24.1 Å². The number of fused-ring (bicyclic) bond motifs is 1. The van der Waals surface area contributed by atoms with E-state index < -0.39 is 10.8 Å². The molecule has 1 aromatic heterocycles. The quantitative estimate of drug-likeness (QED) is 0.564. The van der Waals surface area contributed by atoms with Gasteiger partial charge in [0.1, 0.15) is 0 Å². The summed E-state index contributed by atoms with van der Waals surface area (Å²) in [7, 11) is 2.16. The zero-order chi connectivity index (χ0) is 21.0. The maximum absolute atomic E-state index is 12.9. The topological polar surface area (TPSA) is 77.5 Å². The van der Waals surface area contributed by atoms with Gasteiger partial charge in [-0.2, -0.15) is 0 Å². The van der Waals surface area contributed by atoms with E-state index in [1.165, 1.54) is 11.3 Å². The lowest BCUT2D eigenvalue weighted by Gasteiger charge is -2.14. The van der Waals surface area contributed by atoms with E-state index >= 15 is 0 Å². The van der Waals surface area contributed by atoms with Crippen molar-refractivity contribution in [2.24, 2.45) is 0 Å². The highest BCUT2D eigenvalue weighted by Gasteiger charge is 2.21. The Kier molecular flexibility index (Phi) is 6.87. The predicted molar refractivity (Wildman–Crippen MR) is 118 cm³/mol. The van der Waals surface area contributed by atoms with E-state index in [2.05, 4.69) is 10.3 Å². The van der Waals surface area contributed by atoms with E-state index in [1.807, 2.05) is 44.2 Å². The molecule has 1 amide bonds. The molecule has 1 heterocycles. The van der Waals surface area contributed by atoms with Crippen molar-refractivity contribution in [3.8, 4) is 11.5 Å². The molecule has 2 unspecified atom stereocenters. The Hall–Kier alpha value is -2.45. The van der Waals surface area contributed by atoms with Gasteiger partial charge in [-0.1, -0.05) is 37.3 Å². The Labute approximate surface area is 176 Å². The first-order valence-electron chi connectivity index (χ1n) is 9.32. The third kappa shape index (κ3) is 4.59. The third-order valence-electron chi connectivity index (χ3n) is 4.66. The minimum absolute atomic E-state index is 0.116. The minimum Gasteiger partial charge on any atom is -0.493 e. The van der Waals surface area contributed by atoms with E-state index in [1.54, 1.807) is 20.3 Å². The van der Waals surface area contributed by atoms with Gasteiger partial charge in [0.25, 0.3) is 0 Å². The van der Waals surface area contributed by atoms with Gasteiger partial charge < -0.3 is 14.8 Å². The molecule has 0 bridgehead atoms. The molecule has 0 fully saturated rings. The van der Waals surface area contributed by atoms with Gasteiger partial charge in [0, 0.05) is 22.8 Å². The van der Waals surface area contributed by atoms with Crippen LogP contribution in [0.2, 0.25) is 0 Å². The monoisotopic (exact) mass is 432 g/mol. The molecule has 6 nitrogen and oxygen atoms in total. The molecule has 3 rings (SSSR count). The molecule has 0 radical (unpaired) electrons. The van der Waals surface area contributed by atoms with Crippen LogP contribution in [0.5, 0.6) is 11.5 Å². The summed E-state index contributed by atoms with van der Waals surface area (Å²) < 4.78 is 23.5. The van der Waals surface area contributed by atoms with Crippen LogP contribution in [-0.4, -0.2) is 35.1 Å². The molecule has 2 aromatic carbocycles. The molecule has 0 spiro atoms. The number of nitrogens with one attached hydrogen (secondary N) is 1. The largest absolute Gasteiger partial charge is 0.493 e. The van der Waals surface area contributed by atoms with Crippen LogP contribution < -0.4 is 14.8 Å². The van der Waals surface area contributed by atoms with Crippen molar-refractivity contribution in [1.29, 1.82) is 0 Å². The lowest BCUT2D eigenvalue weighted by molar-refractivity contribution is -0.117. The number of nitrogens with zero attached hydrogens (tertiary/aromatic N) is 1. The summed E-state index contributed by atoms with van der Waals surface area (Å²) in [5.41, 5.74) is 1.63. The molecule has 0 aliphatic heterocycles. The number of benzene rings is 2. The predicted octanol–water partition coefficient (Wildman–Crippen LogP) is 4.57. The number of rotatable bonds is 8. The highest BCUT2D eigenvalue weighted by molar-refractivity contribution is 7.85. The normalized spacial score (nSPS) is 13.1. The average Bonchev–Trinajstić information content (AvgIpc) is 3.13. The van der Waals surface area contributed by atoms with Crippen LogP contribution in [0.4, 0.5) is 5.13 Å². The Morgan fingerprint density at radius 2 is 1.79 bits per heavy atom. The van der Waals surface area contributed by atoms with Crippen LogP contribution in [0.25, 0.3) is 10.2 Å². The standard InChI is InChI=1S/C21H24N2O4S2/c1-5-15(13-7-9-14(10-8-13)29(25)6-2)20(24)23-21-22-16-11-17(26-3)18(27-4)12-19(16)28-21/h7-12,15H,5-6H2,1-4H3,(H,22,23,24). The number of carbonyl (C=O) groups is 1. The summed E-state index contributed by atoms with van der Waals surface area (Å²) >= 11 is 1.39. The molecular formula is C21H24N2O4S2. The summed E-state index contributed by atoms with van der Waals surface area (Å²) in [5, 5.41) is 3.46. The Bertz CT molecular complexity index is 990. The highest BCUT2D eigenvalue weighted by Crippen LogP contribution is 2.36. The highest BCUT2D eigenvalue weighted by atomic mass is 32.2. The summed E-state index contributed by atoms with van der Waals surface area (Å²) in [6.45, 7) is 3.85. The number of methoxy groups -OCH3 is 2. The van der Waals surface area contributed by atoms with Crippen molar-refractivity contribution in [2.75, 3.05) is 25.3 Å². The van der Waals surface area contributed by atoms with Crippen LogP contribution in [0.3, 0.4) is 0 Å². The smallest absolute Gasteiger partial charge is 0.233 e. The Balaban J connectivity index is 1.81. The fourth-order valence-electron chi connectivity index (χ4n) is 3.09. The molecule has 1 N–H and O–H groups in total. The van der Waals surface area contributed by atoms with Gasteiger partial charge in [0.15, 0.2) is 16.6 Å². The van der Waals surface area contributed by atoms with E-state index in [0.717, 1.165) is 20.7 Å². The SMILES string of the molecule is CCC(C(=O)Nc1nc2cc(OC)c(OC)cc2s1)c1ccc(S(=O)CC)cc1. The molecular weight excluding hydrogens is 408 g/mol. The molecule has 0 aliphatic carbocycles. The number of aromatic nitrogens is 1. The fourth-order valence-corrected chi connectivity index (χ4v) is 4.74. The summed E-state index contributed by atoms with van der Waals surface area (Å²) in [4.78, 5) is 18.2. The first-order chi connectivity index (χ1) is 14.0. The van der Waals surface area contributed by atoms with Crippen molar-refractivity contribution in [3.63, 3.8) is 0 Å². The molecule has 0 aliphatic rings. The van der Waals surface area contributed by atoms with Gasteiger partial charge in [-0.3, -0.25) is 9.00 Å². The van der Waals surface area contributed by atoms with E-state index in [4.69, 9.17) is 9.47 Å². The minimum atomic E-state index is -1.00. The molecule has 29 heavy (non-hydrogen) atoms. The van der Waals surface area contributed by atoms with Crippen molar-refractivity contribution >= 4 is 43.4 Å². The number of anilines is 1. The Morgan fingerprint density at radius 3 is 2.38 bits per heavy atom. The second-order valence-electron chi connectivity index (χ2n) is 6.35. The molecule has 2 atom stereocenters. The van der Waals surface area contributed by atoms with E-state index in [-0.39, 0.29) is 11.8 Å². The zero-order valence-electron chi connectivity index (χ0n) is 16.9. The van der Waals surface area contributed by atoms with E-state index in [9.17, 15) is 9.00 Å². The Morgan fingerprint density at radius 1 is 1.14 bits per heavy atom. The van der Waals surface area contributed by atoms with Crippen LogP contribution in [0.15, 0.2) is 41.3 Å². The number of amides is 1. The molecule has 0 saturated carbocycles. The van der Waals surface area contributed by atoms with Gasteiger partial charge in [0.2, 0.25) is 5.91 Å². The first-order valence-corrected chi connectivity index (χ1v) is 11.5. The molecule has 3 aromatic rings. The number of carbonyl (C=O) groups excluding carboxylic acids is 1. The zero-order valence-corrected chi connectivity index (χ0v) is 18.5. The van der Waals surface area contributed by atoms with E-state index in [0.29, 0.717) is 28.8 Å². The number of hydrogen-bond donors (Lipinski definition) is 1. The lowest BCUT2D eigenvalue weighted by atomic mass is 9.96. The maximum Gasteiger partial charge on any atom is 0.233 e. The van der Waals surface area contributed by atoms with Gasteiger partial charge in [0.05, 0.1) is 41.2 Å². The second-order valence-corrected chi connectivity index (χ2v) is 9.12. The maximum atomic E-state index is 12.9. The number of thiazole rings is 1. The first kappa shape index (κ1) is 21.3. The molecule has 0 saturated heterocycles. The van der Waals surface area contributed by atoms with Gasteiger partial charge in [-0.15, -0.1) is 0 Å². The summed E-state index contributed by atoms with van der Waals surface area (Å²) in [6, 6.07) is 11.1. The van der Waals surface area contributed by atoms with Crippen LogP contribution in [0.1, 0.15) is 31.7 Å². The van der Waals surface area contributed by atoms with Crippen molar-refractivity contribution in [2.45, 2.75) is 31.1 Å². The average molecular weight is 433 g/mol. The number of hydrogen-bond acceptors (Lipinski definition) is 6. The second kappa shape index (κ2) is 9.37. The summed E-state index contributed by atoms with van der Waals surface area (Å²) in [5.74, 6) is 1.37. The van der Waals surface area contributed by atoms with Crippen molar-refractivity contribution < 1.29 is 18.5 Å². The fraction of sp³-hybridized carbons (Fsp3) is 0.333. The van der Waals surface area contributed by atoms with Crippen LogP contribution >= 0.6 is 11.3 Å². The number of ether oxygens (including phenoxy) is 2. The summed E-state index contributed by atoms with van der Waals surface area (Å²) in [6.07, 6.45) is 0.647. The van der Waals surface area contributed by atoms with Gasteiger partial charge in [-0.25, -0.2) is 4.98 Å². The molecule has 8 heteroatoms. The van der Waals surface area contributed by atoms with Crippen LogP contribution in [-0.2, 0) is 15.6 Å². The van der Waals surface area contributed by atoms with Crippen molar-refractivity contribution in [1.82, 2.24) is 4.98 Å².